The van der Waals surface area contributed by atoms with Crippen LogP contribution >= 0.6 is 0 Å². The molecule has 3 atom stereocenters. The molecule has 1 fully saturated rings. The Hall–Kier alpha value is -2.95. The molecule has 2 heterocycles. The number of hydrogen-bond acceptors (Lipinski definition) is 8. The molecule has 10 heteroatoms. The highest BCUT2D eigenvalue weighted by Gasteiger charge is 2.35. The zero-order valence-electron chi connectivity index (χ0n) is 16.0. The van der Waals surface area contributed by atoms with Gasteiger partial charge in [0, 0.05) is 18.7 Å². The lowest BCUT2D eigenvalue weighted by molar-refractivity contribution is -0.0463. The summed E-state index contributed by atoms with van der Waals surface area (Å²) in [5.74, 6) is 0.196. The molecule has 0 amide bonds. The van der Waals surface area contributed by atoms with Crippen LogP contribution in [0.15, 0.2) is 40.1 Å². The molecular formula is C19H22N2O8. The second-order valence-corrected chi connectivity index (χ2v) is 6.53. The van der Waals surface area contributed by atoms with E-state index < -0.39 is 48.6 Å². The molecule has 10 nitrogen and oxygen atoms in total. The maximum absolute atomic E-state index is 12.8. The lowest BCUT2D eigenvalue weighted by Crippen LogP contribution is -2.42. The molecule has 2 aromatic rings. The number of aromatic nitrogens is 2. The highest BCUT2D eigenvalue weighted by atomic mass is 16.5. The largest absolute Gasteiger partial charge is 0.497 e. The summed E-state index contributed by atoms with van der Waals surface area (Å²) in [5, 5.41) is 19.1. The van der Waals surface area contributed by atoms with Gasteiger partial charge in [-0.05, 0) is 18.2 Å². The van der Waals surface area contributed by atoms with E-state index in [1.807, 2.05) is 0 Å². The van der Waals surface area contributed by atoms with Crippen molar-refractivity contribution < 1.29 is 29.2 Å². The van der Waals surface area contributed by atoms with Crippen molar-refractivity contribution in [3.05, 3.63) is 56.9 Å². The van der Waals surface area contributed by atoms with Crippen molar-refractivity contribution in [2.45, 2.75) is 31.4 Å². The molecule has 1 aromatic carbocycles. The number of rotatable bonds is 7. The molecule has 0 radical (unpaired) electrons. The topological polar surface area (TPSA) is 129 Å². The summed E-state index contributed by atoms with van der Waals surface area (Å²) >= 11 is 0. The van der Waals surface area contributed by atoms with E-state index in [-0.39, 0.29) is 17.7 Å². The molecule has 1 saturated heterocycles. The van der Waals surface area contributed by atoms with Crippen LogP contribution in [0.5, 0.6) is 11.5 Å². The molecular weight excluding hydrogens is 384 g/mol. The highest BCUT2D eigenvalue weighted by Crippen LogP contribution is 2.27. The van der Waals surface area contributed by atoms with Crippen molar-refractivity contribution in [1.29, 1.82) is 0 Å². The minimum absolute atomic E-state index is 0.0704. The van der Waals surface area contributed by atoms with Gasteiger partial charge in [0.25, 0.3) is 5.56 Å². The third-order valence-corrected chi connectivity index (χ3v) is 4.80. The van der Waals surface area contributed by atoms with E-state index in [1.54, 1.807) is 12.1 Å². The summed E-state index contributed by atoms with van der Waals surface area (Å²) < 4.78 is 17.7. The SMILES string of the molecule is COc1ccc(OC)c(C(=O)Cn2c(=O)ccn([C@H]3C[C@H](O)[C@@H](CO)O3)c2=O)c1. The third kappa shape index (κ3) is 4.09. The summed E-state index contributed by atoms with van der Waals surface area (Å²) in [7, 11) is 2.85. The Bertz CT molecular complexity index is 1010. The van der Waals surface area contributed by atoms with Crippen LogP contribution in [0, 0.1) is 0 Å². The van der Waals surface area contributed by atoms with Gasteiger partial charge in [-0.2, -0.15) is 0 Å². The van der Waals surface area contributed by atoms with Crippen LogP contribution < -0.4 is 20.7 Å². The van der Waals surface area contributed by atoms with E-state index in [9.17, 15) is 24.6 Å². The van der Waals surface area contributed by atoms with Crippen LogP contribution in [0.2, 0.25) is 0 Å². The molecule has 1 aliphatic rings. The number of methoxy groups -OCH3 is 2. The number of Topliss-reactive ketones (excluding diaryl/α,β-unsaturated/α-hetero) is 1. The third-order valence-electron chi connectivity index (χ3n) is 4.80. The van der Waals surface area contributed by atoms with Gasteiger partial charge >= 0.3 is 5.69 Å². The van der Waals surface area contributed by atoms with E-state index in [1.165, 1.54) is 26.5 Å². The van der Waals surface area contributed by atoms with Crippen molar-refractivity contribution in [3.8, 4) is 11.5 Å². The van der Waals surface area contributed by atoms with Gasteiger partial charge in [-0.15, -0.1) is 0 Å². The summed E-state index contributed by atoms with van der Waals surface area (Å²) in [5.41, 5.74) is -1.25. The number of aliphatic hydroxyl groups excluding tert-OH is 2. The second-order valence-electron chi connectivity index (χ2n) is 6.53. The zero-order valence-corrected chi connectivity index (χ0v) is 16.0. The Balaban J connectivity index is 1.93. The van der Waals surface area contributed by atoms with Crippen LogP contribution in [-0.2, 0) is 11.3 Å². The summed E-state index contributed by atoms with van der Waals surface area (Å²) in [6.07, 6.45) is -1.31. The van der Waals surface area contributed by atoms with Gasteiger partial charge in [-0.1, -0.05) is 0 Å². The maximum atomic E-state index is 12.8. The summed E-state index contributed by atoms with van der Waals surface area (Å²) in [6, 6.07) is 5.79. The van der Waals surface area contributed by atoms with Gasteiger partial charge in [-0.25, -0.2) is 4.79 Å². The van der Waals surface area contributed by atoms with Gasteiger partial charge < -0.3 is 24.4 Å². The number of ether oxygens (including phenoxy) is 3. The molecule has 2 N–H and O–H groups in total. The van der Waals surface area contributed by atoms with E-state index >= 15 is 0 Å². The molecule has 0 aliphatic carbocycles. The predicted octanol–water partition coefficient (Wildman–Crippen LogP) is -0.449. The first-order valence-corrected chi connectivity index (χ1v) is 8.91. The number of aliphatic hydroxyl groups is 2. The lowest BCUT2D eigenvalue weighted by atomic mass is 10.1. The summed E-state index contributed by atoms with van der Waals surface area (Å²) in [6.45, 7) is -0.916. The minimum Gasteiger partial charge on any atom is -0.497 e. The molecule has 0 saturated carbocycles. The quantitative estimate of drug-likeness (QED) is 0.592. The first-order chi connectivity index (χ1) is 13.9. The van der Waals surface area contributed by atoms with Gasteiger partial charge in [0.2, 0.25) is 0 Å². The smallest absolute Gasteiger partial charge is 0.333 e. The molecule has 3 rings (SSSR count). The predicted molar refractivity (Wildman–Crippen MR) is 100 cm³/mol. The fourth-order valence-corrected chi connectivity index (χ4v) is 3.21. The molecule has 0 bridgehead atoms. The number of ketones is 1. The van der Waals surface area contributed by atoms with Crippen LogP contribution in [0.1, 0.15) is 23.0 Å². The standard InChI is InChI=1S/C19H22N2O8/c1-27-11-3-4-15(28-2)12(7-11)14(24)9-21-17(25)5-6-20(19(21)26)18-8-13(23)16(10-22)29-18/h3-7,13,16,18,22-23H,8-10H2,1-2H3/t13-,16+,18+/m0/s1. The van der Waals surface area contributed by atoms with Crippen LogP contribution in [-0.4, -0.2) is 58.2 Å². The van der Waals surface area contributed by atoms with E-state index in [0.717, 1.165) is 15.2 Å². The van der Waals surface area contributed by atoms with Crippen molar-refractivity contribution in [2.24, 2.45) is 0 Å². The normalized spacial score (nSPS) is 21.2. The average Bonchev–Trinajstić information content (AvgIpc) is 3.10. The van der Waals surface area contributed by atoms with Crippen LogP contribution in [0.3, 0.4) is 0 Å². The molecule has 156 valence electrons. The van der Waals surface area contributed by atoms with Crippen LogP contribution in [0.4, 0.5) is 0 Å². The number of hydrogen-bond donors (Lipinski definition) is 2. The number of nitrogens with zero attached hydrogens (tertiary/aromatic N) is 2. The van der Waals surface area contributed by atoms with Crippen molar-refractivity contribution >= 4 is 5.78 Å². The first-order valence-electron chi connectivity index (χ1n) is 8.91. The molecule has 29 heavy (non-hydrogen) atoms. The number of carbonyl (C=O) groups excluding carboxylic acids is 1. The zero-order chi connectivity index (χ0) is 21.1. The highest BCUT2D eigenvalue weighted by molar-refractivity contribution is 5.98. The minimum atomic E-state index is -0.944. The van der Waals surface area contributed by atoms with E-state index in [4.69, 9.17) is 14.2 Å². The monoisotopic (exact) mass is 406 g/mol. The maximum Gasteiger partial charge on any atom is 0.333 e. The van der Waals surface area contributed by atoms with Crippen molar-refractivity contribution in [1.82, 2.24) is 9.13 Å². The fraction of sp³-hybridized carbons (Fsp3) is 0.421. The van der Waals surface area contributed by atoms with Gasteiger partial charge in [-0.3, -0.25) is 18.7 Å². The second kappa shape index (κ2) is 8.60. The van der Waals surface area contributed by atoms with Crippen molar-refractivity contribution in [2.75, 3.05) is 20.8 Å². The molecule has 1 aliphatic heterocycles. The molecule has 0 spiro atoms. The molecule has 0 unspecified atom stereocenters. The Morgan fingerprint density at radius 3 is 2.62 bits per heavy atom. The average molecular weight is 406 g/mol. The molecule has 1 aromatic heterocycles. The van der Waals surface area contributed by atoms with Gasteiger partial charge in [0.1, 0.15) is 23.8 Å². The van der Waals surface area contributed by atoms with Gasteiger partial charge in [0.15, 0.2) is 5.78 Å². The van der Waals surface area contributed by atoms with Crippen LogP contribution in [0.25, 0.3) is 0 Å². The first kappa shape index (κ1) is 20.8. The fourth-order valence-electron chi connectivity index (χ4n) is 3.21. The van der Waals surface area contributed by atoms with Crippen molar-refractivity contribution in [3.63, 3.8) is 0 Å². The lowest BCUT2D eigenvalue weighted by Gasteiger charge is -2.16. The van der Waals surface area contributed by atoms with E-state index in [2.05, 4.69) is 0 Å². The van der Waals surface area contributed by atoms with E-state index in [0.29, 0.717) is 5.75 Å². The Labute approximate surface area is 165 Å². The summed E-state index contributed by atoms with van der Waals surface area (Å²) in [4.78, 5) is 37.9. The number of benzene rings is 1. The Morgan fingerprint density at radius 2 is 2.00 bits per heavy atom. The Kier molecular flexibility index (Phi) is 6.16. The number of carbonyl (C=O) groups is 1. The Morgan fingerprint density at radius 1 is 1.24 bits per heavy atom. The van der Waals surface area contributed by atoms with Gasteiger partial charge in [0.05, 0.1) is 39.0 Å².